The number of carbonyl (C=O) groups is 4. The maximum Gasteiger partial charge on any atom is 0.346 e. The summed E-state index contributed by atoms with van der Waals surface area (Å²) >= 11 is 9.11. The number of ether oxygens (including phenoxy) is 4. The smallest absolute Gasteiger partial charge is 0.346 e. The van der Waals surface area contributed by atoms with Crippen molar-refractivity contribution in [1.82, 2.24) is 0 Å². The molecule has 0 unspecified atom stereocenters. The zero-order valence-electron chi connectivity index (χ0n) is 33.2. The number of thioether (sulfide) groups is 4. The van der Waals surface area contributed by atoms with Gasteiger partial charge in [-0.05, 0) is 155 Å². The van der Waals surface area contributed by atoms with E-state index in [4.69, 9.17) is 18.9 Å². The fourth-order valence-electron chi connectivity index (χ4n) is 5.01. The second-order valence-corrected chi connectivity index (χ2v) is 20.0. The van der Waals surface area contributed by atoms with E-state index in [-0.39, 0.29) is 46.0 Å². The van der Waals surface area contributed by atoms with Crippen LogP contribution in [0.25, 0.3) is 12.2 Å². The van der Waals surface area contributed by atoms with Crippen molar-refractivity contribution < 1.29 is 38.1 Å². The monoisotopic (exact) mass is 1100 g/mol. The lowest BCUT2D eigenvalue weighted by Crippen LogP contribution is -2.12. The van der Waals surface area contributed by atoms with Crippen molar-refractivity contribution in [3.63, 3.8) is 0 Å². The van der Waals surface area contributed by atoms with Crippen LogP contribution in [0, 0.1) is 30.8 Å². The maximum atomic E-state index is 13.2. The lowest BCUT2D eigenvalue weighted by atomic mass is 9.98. The predicted molar refractivity (Wildman–Crippen MR) is 262 cm³/mol. The van der Waals surface area contributed by atoms with Gasteiger partial charge < -0.3 is 18.9 Å². The molecule has 3 aromatic carbocycles. The van der Waals surface area contributed by atoms with Crippen molar-refractivity contribution in [3.05, 3.63) is 129 Å². The molecular formula is C46H40I2O8S4. The number of carbonyl (C=O) groups excluding carboxylic acids is 4. The van der Waals surface area contributed by atoms with Crippen molar-refractivity contribution in [2.75, 3.05) is 26.4 Å². The highest BCUT2D eigenvalue weighted by Crippen LogP contribution is 2.52. The van der Waals surface area contributed by atoms with E-state index in [0.29, 0.717) is 56.4 Å². The Labute approximate surface area is 395 Å². The Morgan fingerprint density at radius 2 is 0.767 bits per heavy atom. The van der Waals surface area contributed by atoms with E-state index in [0.717, 1.165) is 65.3 Å². The van der Waals surface area contributed by atoms with E-state index in [1.54, 1.807) is 0 Å². The third kappa shape index (κ3) is 13.7. The van der Waals surface area contributed by atoms with E-state index < -0.39 is 23.9 Å². The van der Waals surface area contributed by atoms with Crippen LogP contribution in [-0.4, -0.2) is 50.3 Å². The van der Waals surface area contributed by atoms with Crippen molar-refractivity contribution in [1.29, 1.82) is 0 Å². The molecule has 5 rings (SSSR count). The van der Waals surface area contributed by atoms with Crippen molar-refractivity contribution in [3.8, 4) is 23.7 Å². The largest absolute Gasteiger partial charge is 0.462 e. The average molecular weight is 1100 g/mol. The Bertz CT molecular complexity index is 2140. The van der Waals surface area contributed by atoms with Crippen LogP contribution in [0.2, 0.25) is 0 Å². The molecule has 0 saturated heterocycles. The molecule has 0 saturated carbocycles. The Morgan fingerprint density at radius 1 is 0.483 bits per heavy atom. The van der Waals surface area contributed by atoms with Crippen LogP contribution in [0.1, 0.15) is 86.8 Å². The summed E-state index contributed by atoms with van der Waals surface area (Å²) in [7, 11) is 0. The molecule has 2 heterocycles. The van der Waals surface area contributed by atoms with Crippen LogP contribution < -0.4 is 0 Å². The SMILES string of the molecule is CCCOC(=O)C1=C(C(=O)OCCC)SC(=Cc2cc(C#Cc3ccc(I)cc3)c(C=C3SC(C(=O)OCCC)=C(C(=O)OCCC)S3)cc2C#Cc2ccc(I)cc2)S1. The second kappa shape index (κ2) is 24.2. The summed E-state index contributed by atoms with van der Waals surface area (Å²) in [6, 6.07) is 19.6. The zero-order chi connectivity index (χ0) is 43.0. The van der Waals surface area contributed by atoms with Gasteiger partial charge in [-0.25, -0.2) is 19.2 Å². The molecule has 8 nitrogen and oxygen atoms in total. The molecule has 0 aliphatic carbocycles. The second-order valence-electron chi connectivity index (χ2n) is 12.7. The first-order chi connectivity index (χ1) is 29.0. The van der Waals surface area contributed by atoms with Gasteiger partial charge >= 0.3 is 23.9 Å². The molecule has 0 amide bonds. The summed E-state index contributed by atoms with van der Waals surface area (Å²) in [5, 5.41) is 0. The Hall–Kier alpha value is -3.52. The number of benzene rings is 3. The fourth-order valence-corrected chi connectivity index (χ4v) is 10.4. The molecule has 0 spiro atoms. The van der Waals surface area contributed by atoms with Crippen molar-refractivity contribution >= 4 is 128 Å². The van der Waals surface area contributed by atoms with E-state index in [1.807, 2.05) is 101 Å². The third-order valence-corrected chi connectivity index (χ3v) is 14.1. The number of hydrogen-bond donors (Lipinski definition) is 0. The molecule has 0 fully saturated rings. The minimum atomic E-state index is -0.581. The molecule has 2 aliphatic heterocycles. The first-order valence-electron chi connectivity index (χ1n) is 19.1. The van der Waals surface area contributed by atoms with Gasteiger partial charge in [-0.1, -0.05) is 98.4 Å². The summed E-state index contributed by atoms with van der Waals surface area (Å²) in [4.78, 5) is 53.6. The number of halogens is 2. The van der Waals surface area contributed by atoms with Crippen LogP contribution in [0.5, 0.6) is 0 Å². The summed E-state index contributed by atoms with van der Waals surface area (Å²) in [6.45, 7) is 8.48. The lowest BCUT2D eigenvalue weighted by molar-refractivity contribution is -0.141. The zero-order valence-corrected chi connectivity index (χ0v) is 40.8. The van der Waals surface area contributed by atoms with Crippen LogP contribution in [0.15, 0.2) is 88.8 Å². The van der Waals surface area contributed by atoms with Crippen LogP contribution >= 0.6 is 92.2 Å². The topological polar surface area (TPSA) is 105 Å². The predicted octanol–water partition coefficient (Wildman–Crippen LogP) is 11.5. The number of hydrogen-bond acceptors (Lipinski definition) is 12. The van der Waals surface area contributed by atoms with Gasteiger partial charge in [0.05, 0.1) is 34.9 Å². The van der Waals surface area contributed by atoms with Crippen molar-refractivity contribution in [2.24, 2.45) is 0 Å². The minimum Gasteiger partial charge on any atom is -0.462 e. The molecule has 14 heteroatoms. The molecule has 0 atom stereocenters. The fraction of sp³-hybridized carbons (Fsp3) is 0.261. The summed E-state index contributed by atoms with van der Waals surface area (Å²) in [5.41, 5.74) is 4.27. The average Bonchev–Trinajstić information content (AvgIpc) is 3.88. The van der Waals surface area contributed by atoms with Crippen LogP contribution in [0.3, 0.4) is 0 Å². The van der Waals surface area contributed by atoms with Crippen molar-refractivity contribution in [2.45, 2.75) is 53.4 Å². The van der Waals surface area contributed by atoms with Gasteiger partial charge in [0.2, 0.25) is 0 Å². The van der Waals surface area contributed by atoms with E-state index in [2.05, 4.69) is 68.9 Å². The molecule has 0 radical (unpaired) electrons. The molecule has 0 N–H and O–H groups in total. The maximum absolute atomic E-state index is 13.2. The van der Waals surface area contributed by atoms with E-state index in [9.17, 15) is 19.2 Å². The van der Waals surface area contributed by atoms with Gasteiger partial charge in [0, 0.05) is 29.4 Å². The Kier molecular flexibility index (Phi) is 19.2. The first kappa shape index (κ1) is 47.5. The highest BCUT2D eigenvalue weighted by atomic mass is 127. The standard InChI is InChI=1S/C46H40I2O8S4/c1-5-21-53-43(49)39-40(44(50)54-22-6-2)58-37(57-39)27-33-25-32(16-10-30-13-19-36(48)20-14-30)34(26-31(33)15-9-29-11-17-35(47)18-12-29)28-38-59-41(45(51)55-23-7-3)42(60-38)46(52)56-24-8-4/h11-14,17-20,25-28H,5-8,21-24H2,1-4H3. The Morgan fingerprint density at radius 3 is 1.03 bits per heavy atom. The summed E-state index contributed by atoms with van der Waals surface area (Å²) < 4.78 is 25.3. The molecule has 0 bridgehead atoms. The summed E-state index contributed by atoms with van der Waals surface area (Å²) in [6.07, 6.45) is 6.30. The van der Waals surface area contributed by atoms with Gasteiger partial charge in [0.25, 0.3) is 0 Å². The third-order valence-electron chi connectivity index (χ3n) is 7.85. The van der Waals surface area contributed by atoms with Gasteiger partial charge in [0.15, 0.2) is 0 Å². The van der Waals surface area contributed by atoms with Gasteiger partial charge in [-0.3, -0.25) is 0 Å². The first-order valence-corrected chi connectivity index (χ1v) is 24.5. The molecule has 2 aliphatic rings. The normalized spacial score (nSPS) is 13.2. The van der Waals surface area contributed by atoms with Gasteiger partial charge in [-0.15, -0.1) is 0 Å². The Balaban J connectivity index is 1.66. The quantitative estimate of drug-likeness (QED) is 0.0664. The summed E-state index contributed by atoms with van der Waals surface area (Å²) in [5.74, 6) is 11.0. The molecular weight excluding hydrogens is 1060 g/mol. The highest BCUT2D eigenvalue weighted by molar-refractivity contribution is 14.1. The highest BCUT2D eigenvalue weighted by Gasteiger charge is 2.34. The lowest BCUT2D eigenvalue weighted by Gasteiger charge is -2.09. The van der Waals surface area contributed by atoms with E-state index in [1.165, 1.54) is 0 Å². The van der Waals surface area contributed by atoms with Gasteiger partial charge in [-0.2, -0.15) is 0 Å². The van der Waals surface area contributed by atoms with Crippen LogP contribution in [-0.2, 0) is 38.1 Å². The molecule has 3 aromatic rings. The molecule has 60 heavy (non-hydrogen) atoms. The minimum absolute atomic E-state index is 0.178. The van der Waals surface area contributed by atoms with Gasteiger partial charge in [0.1, 0.15) is 19.6 Å². The number of esters is 4. The van der Waals surface area contributed by atoms with Crippen LogP contribution in [0.4, 0.5) is 0 Å². The van der Waals surface area contributed by atoms with E-state index >= 15 is 0 Å². The molecule has 310 valence electrons. The number of rotatable bonds is 14. The molecule has 0 aromatic heterocycles.